The molecule has 0 saturated heterocycles. The molecule has 7 nitrogen and oxygen atoms in total. The molecule has 134 valence electrons. The molecule has 0 spiro atoms. The molecule has 0 atom stereocenters. The maximum atomic E-state index is 12.4. The van der Waals surface area contributed by atoms with E-state index in [0.717, 1.165) is 25.1 Å². The van der Waals surface area contributed by atoms with Gasteiger partial charge in [-0.2, -0.15) is 5.10 Å². The lowest BCUT2D eigenvalue weighted by atomic mass is 9.94. The number of hydrogen-bond acceptors (Lipinski definition) is 5. The fourth-order valence-electron chi connectivity index (χ4n) is 3.60. The average molecular weight is 350 g/mol. The number of H-pyrrole nitrogens is 1. The van der Waals surface area contributed by atoms with E-state index in [-0.39, 0.29) is 5.91 Å². The molecule has 0 unspecified atom stereocenters. The van der Waals surface area contributed by atoms with Crippen LogP contribution in [0.3, 0.4) is 0 Å². The van der Waals surface area contributed by atoms with Gasteiger partial charge in [0.05, 0.1) is 5.57 Å². The van der Waals surface area contributed by atoms with Gasteiger partial charge in [-0.3, -0.25) is 4.79 Å². The van der Waals surface area contributed by atoms with Gasteiger partial charge in [0.2, 0.25) is 0 Å². The Labute approximate surface area is 152 Å². The molecule has 0 bridgehead atoms. The van der Waals surface area contributed by atoms with Crippen LogP contribution in [0.25, 0.3) is 6.08 Å². The number of aromatic amines is 1. The highest BCUT2D eigenvalue weighted by atomic mass is 16.2. The molecule has 1 aliphatic heterocycles. The fourth-order valence-corrected chi connectivity index (χ4v) is 3.60. The summed E-state index contributed by atoms with van der Waals surface area (Å²) in [4.78, 5) is 26.5. The predicted molar refractivity (Wildman–Crippen MR) is 99.5 cm³/mol. The van der Waals surface area contributed by atoms with E-state index in [1.807, 2.05) is 6.08 Å². The smallest absolute Gasteiger partial charge is 0.273 e. The van der Waals surface area contributed by atoms with Crippen molar-refractivity contribution in [2.75, 3.05) is 14.1 Å². The molecule has 2 aliphatic rings. The molecule has 0 fully saturated rings. The lowest BCUT2D eigenvalue weighted by Gasteiger charge is -2.15. The molecule has 3 heterocycles. The van der Waals surface area contributed by atoms with Crippen LogP contribution < -0.4 is 5.43 Å². The standard InChI is InChI=1S/C19H22N6O/c1-25(2)11-14-12-6-3-4-7-15(12)22-16(14)10-13-17(23-24-19(13)26)18-20-8-5-9-21-18/h5,8-10,22H,3-4,6-7,11H2,1-2H3,(H,24,26)/b13-10+. The van der Waals surface area contributed by atoms with Crippen LogP contribution in [0.1, 0.15) is 41.2 Å². The van der Waals surface area contributed by atoms with E-state index in [1.165, 1.54) is 29.7 Å². The van der Waals surface area contributed by atoms with E-state index in [9.17, 15) is 4.79 Å². The molecule has 0 radical (unpaired) electrons. The summed E-state index contributed by atoms with van der Waals surface area (Å²) in [6.45, 7) is 0.834. The Hall–Kier alpha value is -2.80. The summed E-state index contributed by atoms with van der Waals surface area (Å²) in [5, 5.41) is 4.14. The summed E-state index contributed by atoms with van der Waals surface area (Å²) in [7, 11) is 4.12. The van der Waals surface area contributed by atoms with Crippen molar-refractivity contribution in [1.29, 1.82) is 0 Å². The third-order valence-electron chi connectivity index (χ3n) is 4.75. The molecule has 1 aliphatic carbocycles. The maximum Gasteiger partial charge on any atom is 0.273 e. The molecule has 26 heavy (non-hydrogen) atoms. The van der Waals surface area contributed by atoms with Gasteiger partial charge in [0.1, 0.15) is 5.71 Å². The van der Waals surface area contributed by atoms with Gasteiger partial charge in [-0.1, -0.05) is 0 Å². The van der Waals surface area contributed by atoms with Gasteiger partial charge in [0.15, 0.2) is 5.82 Å². The minimum atomic E-state index is -0.226. The van der Waals surface area contributed by atoms with Crippen LogP contribution in [-0.4, -0.2) is 45.6 Å². The Morgan fingerprint density at radius 2 is 1.96 bits per heavy atom. The lowest BCUT2D eigenvalue weighted by molar-refractivity contribution is -0.116. The molecule has 4 rings (SSSR count). The van der Waals surface area contributed by atoms with Gasteiger partial charge in [-0.05, 0) is 63.0 Å². The molecular weight excluding hydrogens is 328 g/mol. The first-order chi connectivity index (χ1) is 12.6. The number of hydrazone groups is 1. The van der Waals surface area contributed by atoms with Gasteiger partial charge in [0.25, 0.3) is 5.91 Å². The number of nitrogens with zero attached hydrogens (tertiary/aromatic N) is 4. The summed E-state index contributed by atoms with van der Waals surface area (Å²) in [5.74, 6) is 0.221. The number of amides is 1. The molecule has 0 aromatic carbocycles. The Kier molecular flexibility index (Phi) is 4.38. The van der Waals surface area contributed by atoms with Gasteiger partial charge in [-0.15, -0.1) is 0 Å². The quantitative estimate of drug-likeness (QED) is 0.821. The first-order valence-corrected chi connectivity index (χ1v) is 8.88. The first-order valence-electron chi connectivity index (χ1n) is 8.88. The van der Waals surface area contributed by atoms with Crippen molar-refractivity contribution >= 4 is 17.7 Å². The zero-order valence-corrected chi connectivity index (χ0v) is 15.0. The van der Waals surface area contributed by atoms with Crippen molar-refractivity contribution in [2.24, 2.45) is 5.10 Å². The van der Waals surface area contributed by atoms with E-state index < -0.39 is 0 Å². The van der Waals surface area contributed by atoms with Crippen LogP contribution in [0, 0.1) is 0 Å². The van der Waals surface area contributed by atoms with Crippen LogP contribution >= 0.6 is 0 Å². The molecular formula is C19H22N6O. The van der Waals surface area contributed by atoms with Gasteiger partial charge in [0, 0.05) is 30.3 Å². The van der Waals surface area contributed by atoms with E-state index >= 15 is 0 Å². The van der Waals surface area contributed by atoms with Gasteiger partial charge >= 0.3 is 0 Å². The van der Waals surface area contributed by atoms with Crippen LogP contribution in [0.15, 0.2) is 29.1 Å². The van der Waals surface area contributed by atoms with Crippen molar-refractivity contribution in [3.63, 3.8) is 0 Å². The summed E-state index contributed by atoms with van der Waals surface area (Å²) < 4.78 is 0. The van der Waals surface area contributed by atoms with E-state index in [2.05, 4.69) is 44.5 Å². The summed E-state index contributed by atoms with van der Waals surface area (Å²) in [6, 6.07) is 1.74. The van der Waals surface area contributed by atoms with E-state index in [4.69, 9.17) is 0 Å². The van der Waals surface area contributed by atoms with Crippen molar-refractivity contribution in [1.82, 2.24) is 25.3 Å². The Morgan fingerprint density at radius 3 is 2.73 bits per heavy atom. The predicted octanol–water partition coefficient (Wildman–Crippen LogP) is 1.66. The first kappa shape index (κ1) is 16.7. The Bertz CT molecular complexity index is 894. The third kappa shape index (κ3) is 3.06. The van der Waals surface area contributed by atoms with Gasteiger partial charge in [-0.25, -0.2) is 15.4 Å². The van der Waals surface area contributed by atoms with Gasteiger partial charge < -0.3 is 9.88 Å². The third-order valence-corrected chi connectivity index (χ3v) is 4.75. The zero-order valence-electron chi connectivity index (χ0n) is 15.0. The topological polar surface area (TPSA) is 86.3 Å². The molecule has 2 aromatic heterocycles. The van der Waals surface area contributed by atoms with Crippen LogP contribution in [0.5, 0.6) is 0 Å². The highest BCUT2D eigenvalue weighted by molar-refractivity contribution is 6.32. The number of rotatable bonds is 4. The molecule has 0 saturated carbocycles. The lowest BCUT2D eigenvalue weighted by Crippen LogP contribution is -2.16. The molecule has 2 N–H and O–H groups in total. The van der Waals surface area contributed by atoms with Crippen molar-refractivity contribution < 1.29 is 4.79 Å². The van der Waals surface area contributed by atoms with Crippen molar-refractivity contribution in [2.45, 2.75) is 32.2 Å². The number of hydrogen-bond donors (Lipinski definition) is 2. The monoisotopic (exact) mass is 350 g/mol. The number of aryl methyl sites for hydroxylation is 1. The summed E-state index contributed by atoms with van der Waals surface area (Å²) >= 11 is 0. The highest BCUT2D eigenvalue weighted by Crippen LogP contribution is 2.29. The number of carbonyl (C=O) groups excluding carboxylic acids is 1. The Morgan fingerprint density at radius 1 is 1.19 bits per heavy atom. The van der Waals surface area contributed by atoms with Crippen LogP contribution in [0.2, 0.25) is 0 Å². The zero-order chi connectivity index (χ0) is 18.1. The van der Waals surface area contributed by atoms with E-state index in [0.29, 0.717) is 17.1 Å². The maximum absolute atomic E-state index is 12.4. The number of carbonyl (C=O) groups is 1. The average Bonchev–Trinajstić information content (AvgIpc) is 3.17. The minimum absolute atomic E-state index is 0.226. The number of fused-ring (bicyclic) bond motifs is 1. The number of nitrogens with one attached hydrogen (secondary N) is 2. The molecule has 2 aromatic rings. The second kappa shape index (κ2) is 6.84. The molecule has 1 amide bonds. The van der Waals surface area contributed by atoms with Crippen molar-refractivity contribution in [3.05, 3.63) is 52.4 Å². The largest absolute Gasteiger partial charge is 0.358 e. The SMILES string of the molecule is CN(C)Cc1c(/C=C2/C(=O)NN=C2c2ncccn2)[nH]c2c1CCCC2. The highest BCUT2D eigenvalue weighted by Gasteiger charge is 2.27. The Balaban J connectivity index is 1.78. The minimum Gasteiger partial charge on any atom is -0.358 e. The van der Waals surface area contributed by atoms with Crippen LogP contribution in [-0.2, 0) is 24.2 Å². The van der Waals surface area contributed by atoms with E-state index in [1.54, 1.807) is 18.5 Å². The van der Waals surface area contributed by atoms with Crippen molar-refractivity contribution in [3.8, 4) is 0 Å². The summed E-state index contributed by atoms with van der Waals surface area (Å²) in [6.07, 6.45) is 9.77. The number of aromatic nitrogens is 3. The fraction of sp³-hybridized carbons (Fsp3) is 0.368. The molecule has 7 heteroatoms. The second-order valence-corrected chi connectivity index (χ2v) is 6.95. The second-order valence-electron chi connectivity index (χ2n) is 6.95. The summed E-state index contributed by atoms with van der Waals surface area (Å²) in [5.41, 5.74) is 8.48. The van der Waals surface area contributed by atoms with Crippen LogP contribution in [0.4, 0.5) is 0 Å². The normalized spacial score (nSPS) is 18.2.